The molecule has 0 saturated carbocycles. The molecule has 1 aliphatic carbocycles. The zero-order valence-corrected chi connectivity index (χ0v) is 13.7. The van der Waals surface area contributed by atoms with E-state index in [1.165, 1.54) is 11.3 Å². The Balaban J connectivity index is 2.18. The summed E-state index contributed by atoms with van der Waals surface area (Å²) in [4.78, 5) is 13.0. The summed E-state index contributed by atoms with van der Waals surface area (Å²) in [7, 11) is 0. The second kappa shape index (κ2) is 6.22. The summed E-state index contributed by atoms with van der Waals surface area (Å²) >= 11 is 5.03. The molecule has 122 valence electrons. The van der Waals surface area contributed by atoms with Crippen molar-refractivity contribution in [2.24, 2.45) is 0 Å². The van der Waals surface area contributed by atoms with Crippen LogP contribution in [0.2, 0.25) is 0 Å². The van der Waals surface area contributed by atoms with Gasteiger partial charge in [-0.3, -0.25) is 0 Å². The maximum absolute atomic E-state index is 13.7. The third-order valence-electron chi connectivity index (χ3n) is 3.94. The number of thiol groups is 1. The number of carboxylic acids is 1. The molecular weight excluding hydrogens is 342 g/mol. The first kappa shape index (κ1) is 16.4. The van der Waals surface area contributed by atoms with Gasteiger partial charge in [0.2, 0.25) is 0 Å². The van der Waals surface area contributed by atoms with Gasteiger partial charge in [-0.1, -0.05) is 24.3 Å². The Morgan fingerprint density at radius 2 is 2.13 bits per heavy atom. The summed E-state index contributed by atoms with van der Waals surface area (Å²) in [5.41, 5.74) is 1.74. The van der Waals surface area contributed by atoms with Gasteiger partial charge in [0.25, 0.3) is 5.92 Å². The van der Waals surface area contributed by atoms with Crippen LogP contribution in [0.1, 0.15) is 32.8 Å². The number of hydrogen-bond acceptors (Lipinski definition) is 4. The Bertz CT molecular complexity index is 756. The van der Waals surface area contributed by atoms with Crippen molar-refractivity contribution in [3.05, 3.63) is 45.8 Å². The summed E-state index contributed by atoms with van der Waals surface area (Å²) in [6.45, 7) is 0.205. The van der Waals surface area contributed by atoms with E-state index >= 15 is 0 Å². The molecule has 0 saturated heterocycles. The van der Waals surface area contributed by atoms with Gasteiger partial charge in [-0.05, 0) is 36.0 Å². The SMILES string of the molecule is O=C(O)c1c(-c2ccccc2COS)sc2c1CC(F)(F)CC2. The molecule has 7 heteroatoms. The fraction of sp³-hybridized carbons (Fsp3) is 0.312. The molecule has 0 radical (unpaired) electrons. The van der Waals surface area contributed by atoms with Crippen LogP contribution in [0.4, 0.5) is 8.78 Å². The second-order valence-corrected chi connectivity index (χ2v) is 6.84. The lowest BCUT2D eigenvalue weighted by molar-refractivity contribution is -0.0118. The number of benzene rings is 1. The molecule has 2 aromatic rings. The minimum atomic E-state index is -2.84. The third-order valence-corrected chi connectivity index (χ3v) is 5.39. The number of rotatable bonds is 4. The summed E-state index contributed by atoms with van der Waals surface area (Å²) in [6, 6.07) is 7.19. The van der Waals surface area contributed by atoms with Crippen molar-refractivity contribution in [1.29, 1.82) is 0 Å². The number of aromatic carboxylic acids is 1. The number of alkyl halides is 2. The highest BCUT2D eigenvalue weighted by atomic mass is 32.1. The fourth-order valence-corrected chi connectivity index (χ4v) is 4.41. The van der Waals surface area contributed by atoms with Crippen molar-refractivity contribution in [3.63, 3.8) is 0 Å². The van der Waals surface area contributed by atoms with Crippen molar-refractivity contribution in [2.75, 3.05) is 0 Å². The van der Waals surface area contributed by atoms with Crippen LogP contribution >= 0.6 is 24.2 Å². The topological polar surface area (TPSA) is 46.5 Å². The number of halogens is 2. The number of fused-ring (bicyclic) bond motifs is 1. The molecule has 3 rings (SSSR count). The standard InChI is InChI=1S/C16H14F2O3S2/c17-16(18)6-5-12-11(7-16)13(15(19)20)14(23-12)10-4-2-1-3-9(10)8-21-22/h1-4,22H,5-8H2,(H,19,20). The molecule has 1 aromatic carbocycles. The van der Waals surface area contributed by atoms with E-state index in [0.29, 0.717) is 10.4 Å². The van der Waals surface area contributed by atoms with Gasteiger partial charge in [-0.15, -0.1) is 11.3 Å². The molecule has 0 fully saturated rings. The highest BCUT2D eigenvalue weighted by Gasteiger charge is 2.39. The van der Waals surface area contributed by atoms with E-state index < -0.39 is 18.3 Å². The van der Waals surface area contributed by atoms with Gasteiger partial charge in [0.05, 0.1) is 12.2 Å². The Kier molecular flexibility index (Phi) is 4.44. The zero-order valence-electron chi connectivity index (χ0n) is 12.0. The normalized spacial score (nSPS) is 16.1. The van der Waals surface area contributed by atoms with E-state index in [4.69, 9.17) is 4.18 Å². The molecule has 1 aromatic heterocycles. The van der Waals surface area contributed by atoms with E-state index in [9.17, 15) is 18.7 Å². The van der Waals surface area contributed by atoms with Crippen molar-refractivity contribution < 1.29 is 22.9 Å². The van der Waals surface area contributed by atoms with Crippen LogP contribution in [0.5, 0.6) is 0 Å². The van der Waals surface area contributed by atoms with Crippen LogP contribution in [0, 0.1) is 0 Å². The van der Waals surface area contributed by atoms with E-state index in [2.05, 4.69) is 12.9 Å². The molecule has 0 spiro atoms. The smallest absolute Gasteiger partial charge is 0.337 e. The van der Waals surface area contributed by atoms with Crippen LogP contribution < -0.4 is 0 Å². The molecule has 1 aliphatic rings. The fourth-order valence-electron chi connectivity index (χ4n) is 2.90. The molecular formula is C16H14F2O3S2. The quantitative estimate of drug-likeness (QED) is 0.622. The van der Waals surface area contributed by atoms with Crippen molar-refractivity contribution >= 4 is 30.2 Å². The number of aryl methyl sites for hydroxylation is 1. The average Bonchev–Trinajstić information content (AvgIpc) is 2.85. The molecule has 1 heterocycles. The first-order valence-electron chi connectivity index (χ1n) is 7.03. The first-order chi connectivity index (χ1) is 10.9. The Morgan fingerprint density at radius 3 is 2.83 bits per heavy atom. The molecule has 3 nitrogen and oxygen atoms in total. The minimum Gasteiger partial charge on any atom is -0.478 e. The van der Waals surface area contributed by atoms with Crippen LogP contribution in [0.15, 0.2) is 24.3 Å². The zero-order chi connectivity index (χ0) is 16.6. The molecule has 1 N–H and O–H groups in total. The minimum absolute atomic E-state index is 0.00371. The molecule has 0 bridgehead atoms. The molecule has 0 atom stereocenters. The van der Waals surface area contributed by atoms with E-state index in [0.717, 1.165) is 10.4 Å². The van der Waals surface area contributed by atoms with Gasteiger partial charge in [-0.25, -0.2) is 13.6 Å². The van der Waals surface area contributed by atoms with Crippen molar-refractivity contribution in [3.8, 4) is 10.4 Å². The molecule has 23 heavy (non-hydrogen) atoms. The Hall–Kier alpha value is -1.44. The van der Waals surface area contributed by atoms with Gasteiger partial charge < -0.3 is 9.29 Å². The largest absolute Gasteiger partial charge is 0.478 e. The second-order valence-electron chi connectivity index (χ2n) is 5.48. The lowest BCUT2D eigenvalue weighted by Crippen LogP contribution is -2.26. The van der Waals surface area contributed by atoms with Crippen LogP contribution in [-0.4, -0.2) is 17.0 Å². The van der Waals surface area contributed by atoms with Gasteiger partial charge in [0.15, 0.2) is 0 Å². The Morgan fingerprint density at radius 1 is 1.39 bits per heavy atom. The van der Waals surface area contributed by atoms with Gasteiger partial charge in [-0.2, -0.15) is 0 Å². The third kappa shape index (κ3) is 3.13. The predicted molar refractivity (Wildman–Crippen MR) is 87.5 cm³/mol. The highest BCUT2D eigenvalue weighted by Crippen LogP contribution is 2.45. The van der Waals surface area contributed by atoms with Crippen molar-refractivity contribution in [2.45, 2.75) is 31.8 Å². The lowest BCUT2D eigenvalue weighted by Gasteiger charge is -2.21. The number of thiophene rings is 1. The van der Waals surface area contributed by atoms with Crippen LogP contribution in [-0.2, 0) is 23.6 Å². The summed E-state index contributed by atoms with van der Waals surface area (Å²) in [5.74, 6) is -4.01. The van der Waals surface area contributed by atoms with Gasteiger partial charge in [0.1, 0.15) is 0 Å². The predicted octanol–water partition coefficient (Wildman–Crippen LogP) is 4.60. The molecule has 0 aliphatic heterocycles. The number of hydrogen-bond donors (Lipinski definition) is 2. The highest BCUT2D eigenvalue weighted by molar-refractivity contribution is 7.75. The molecule has 0 amide bonds. The average molecular weight is 356 g/mol. The van der Waals surface area contributed by atoms with Crippen LogP contribution in [0.25, 0.3) is 10.4 Å². The van der Waals surface area contributed by atoms with Gasteiger partial charge >= 0.3 is 5.97 Å². The first-order valence-corrected chi connectivity index (χ1v) is 8.21. The summed E-state index contributed by atoms with van der Waals surface area (Å²) in [6.07, 6.45) is -0.537. The van der Waals surface area contributed by atoms with E-state index in [1.807, 2.05) is 12.1 Å². The van der Waals surface area contributed by atoms with Crippen molar-refractivity contribution in [1.82, 2.24) is 0 Å². The lowest BCUT2D eigenvalue weighted by atomic mass is 9.90. The summed E-state index contributed by atoms with van der Waals surface area (Å²) in [5, 5.41) is 9.58. The Labute approximate surface area is 141 Å². The monoisotopic (exact) mass is 356 g/mol. The van der Waals surface area contributed by atoms with E-state index in [1.54, 1.807) is 12.1 Å². The maximum Gasteiger partial charge on any atom is 0.337 e. The summed E-state index contributed by atoms with van der Waals surface area (Å²) < 4.78 is 32.3. The van der Waals surface area contributed by atoms with Gasteiger partial charge in [0, 0.05) is 22.6 Å². The molecule has 0 unspecified atom stereocenters. The van der Waals surface area contributed by atoms with E-state index in [-0.39, 0.29) is 30.6 Å². The maximum atomic E-state index is 13.7. The van der Waals surface area contributed by atoms with Crippen LogP contribution in [0.3, 0.4) is 0 Å². The number of carboxylic acid groups (broad SMARTS) is 1. The number of carbonyl (C=O) groups is 1.